The molecule has 0 atom stereocenters. The van der Waals surface area contributed by atoms with Crippen LogP contribution in [0.1, 0.15) is 5.56 Å². The number of rotatable bonds is 3. The van der Waals surface area contributed by atoms with Gasteiger partial charge in [-0.1, -0.05) is 12.1 Å². The Morgan fingerprint density at radius 1 is 0.792 bits per heavy atom. The smallest absolute Gasteiger partial charge is 0.187 e. The molecular formula is C20H14N4. The van der Waals surface area contributed by atoms with Crippen molar-refractivity contribution in [1.82, 2.24) is 0 Å². The first-order valence-electron chi connectivity index (χ1n) is 7.34. The number of nitrogens with two attached hydrogens (primary N) is 1. The Morgan fingerprint density at radius 2 is 1.25 bits per heavy atom. The van der Waals surface area contributed by atoms with Crippen molar-refractivity contribution in [2.75, 3.05) is 10.6 Å². The van der Waals surface area contributed by atoms with E-state index >= 15 is 0 Å². The summed E-state index contributed by atoms with van der Waals surface area (Å²) in [5, 5.41) is 8.98. The Balaban J connectivity index is 2.10. The second-order valence-corrected chi connectivity index (χ2v) is 5.21. The van der Waals surface area contributed by atoms with E-state index in [1.807, 2.05) is 53.4 Å². The van der Waals surface area contributed by atoms with E-state index in [0.717, 1.165) is 17.1 Å². The summed E-state index contributed by atoms with van der Waals surface area (Å²) < 4.78 is 0. The molecule has 0 fully saturated rings. The Morgan fingerprint density at radius 3 is 1.71 bits per heavy atom. The summed E-state index contributed by atoms with van der Waals surface area (Å²) >= 11 is 0. The largest absolute Gasteiger partial charge is 0.399 e. The Hall–Kier alpha value is -3.76. The Kier molecular flexibility index (Phi) is 4.14. The molecule has 0 amide bonds. The number of anilines is 4. The fourth-order valence-electron chi connectivity index (χ4n) is 2.43. The second kappa shape index (κ2) is 6.56. The predicted molar refractivity (Wildman–Crippen MR) is 96.5 cm³/mol. The SMILES string of the molecule is [C-]#[N+]c1ccc(N(c2ccc(N)cc2)c2ccc(C#N)cc2)cc1. The molecule has 0 bridgehead atoms. The molecule has 3 aromatic rings. The molecule has 4 heteroatoms. The van der Waals surface area contributed by atoms with Crippen LogP contribution >= 0.6 is 0 Å². The van der Waals surface area contributed by atoms with Crippen LogP contribution in [0, 0.1) is 17.9 Å². The highest BCUT2D eigenvalue weighted by Crippen LogP contribution is 2.35. The number of benzene rings is 3. The maximum absolute atomic E-state index is 8.98. The Bertz CT molecular complexity index is 854. The summed E-state index contributed by atoms with van der Waals surface area (Å²) in [6.45, 7) is 7.08. The summed E-state index contributed by atoms with van der Waals surface area (Å²) in [4.78, 5) is 5.48. The van der Waals surface area contributed by atoms with Gasteiger partial charge in [-0.05, 0) is 60.7 Å². The minimum absolute atomic E-state index is 0.593. The zero-order valence-electron chi connectivity index (χ0n) is 12.8. The first kappa shape index (κ1) is 15.1. The maximum Gasteiger partial charge on any atom is 0.187 e. The van der Waals surface area contributed by atoms with E-state index in [9.17, 15) is 0 Å². The fraction of sp³-hybridized carbons (Fsp3) is 0. The van der Waals surface area contributed by atoms with Crippen molar-refractivity contribution in [3.05, 3.63) is 89.8 Å². The van der Waals surface area contributed by atoms with Crippen molar-refractivity contribution in [1.29, 1.82) is 5.26 Å². The molecule has 0 spiro atoms. The zero-order chi connectivity index (χ0) is 16.9. The highest BCUT2D eigenvalue weighted by Gasteiger charge is 2.12. The second-order valence-electron chi connectivity index (χ2n) is 5.21. The lowest BCUT2D eigenvalue weighted by Gasteiger charge is -2.25. The van der Waals surface area contributed by atoms with Crippen molar-refractivity contribution < 1.29 is 0 Å². The number of nitrogen functional groups attached to an aromatic ring is 1. The van der Waals surface area contributed by atoms with Gasteiger partial charge in [-0.3, -0.25) is 0 Å². The summed E-state index contributed by atoms with van der Waals surface area (Å²) in [5.41, 5.74) is 10.5. The van der Waals surface area contributed by atoms with E-state index in [4.69, 9.17) is 17.6 Å². The van der Waals surface area contributed by atoms with Gasteiger partial charge in [0.1, 0.15) is 0 Å². The molecule has 24 heavy (non-hydrogen) atoms. The first-order chi connectivity index (χ1) is 11.7. The van der Waals surface area contributed by atoms with Crippen LogP contribution < -0.4 is 10.6 Å². The molecule has 2 N–H and O–H groups in total. The van der Waals surface area contributed by atoms with E-state index in [1.54, 1.807) is 24.3 Å². The topological polar surface area (TPSA) is 57.4 Å². The third kappa shape index (κ3) is 3.04. The molecule has 0 aliphatic heterocycles. The van der Waals surface area contributed by atoms with Crippen LogP contribution in [0.5, 0.6) is 0 Å². The average Bonchev–Trinajstić information content (AvgIpc) is 2.64. The molecule has 0 aliphatic carbocycles. The van der Waals surface area contributed by atoms with Crippen LogP contribution in [0.4, 0.5) is 28.4 Å². The van der Waals surface area contributed by atoms with Gasteiger partial charge in [-0.2, -0.15) is 5.26 Å². The third-order valence-electron chi connectivity index (χ3n) is 3.64. The van der Waals surface area contributed by atoms with Gasteiger partial charge in [0.2, 0.25) is 0 Å². The van der Waals surface area contributed by atoms with Crippen LogP contribution in [0.2, 0.25) is 0 Å². The van der Waals surface area contributed by atoms with Crippen molar-refractivity contribution in [3.63, 3.8) is 0 Å². The summed E-state index contributed by atoms with van der Waals surface area (Å²) in [6.07, 6.45) is 0. The van der Waals surface area contributed by atoms with Crippen molar-refractivity contribution in [2.45, 2.75) is 0 Å². The van der Waals surface area contributed by atoms with Gasteiger partial charge in [0.05, 0.1) is 18.2 Å². The van der Waals surface area contributed by atoms with Gasteiger partial charge >= 0.3 is 0 Å². The van der Waals surface area contributed by atoms with E-state index in [0.29, 0.717) is 16.9 Å². The van der Waals surface area contributed by atoms with Gasteiger partial charge in [-0.25, -0.2) is 4.85 Å². The minimum Gasteiger partial charge on any atom is -0.399 e. The number of hydrogen-bond acceptors (Lipinski definition) is 3. The van der Waals surface area contributed by atoms with E-state index in [2.05, 4.69) is 10.9 Å². The van der Waals surface area contributed by atoms with Crippen molar-refractivity contribution in [2.24, 2.45) is 0 Å². The van der Waals surface area contributed by atoms with Crippen LogP contribution in [-0.4, -0.2) is 0 Å². The quantitative estimate of drug-likeness (QED) is 0.537. The molecule has 0 aromatic heterocycles. The lowest BCUT2D eigenvalue weighted by Crippen LogP contribution is -2.09. The summed E-state index contributed by atoms with van der Waals surface area (Å²) in [7, 11) is 0. The number of hydrogen-bond donors (Lipinski definition) is 1. The maximum atomic E-state index is 8.98. The van der Waals surface area contributed by atoms with E-state index in [1.165, 1.54) is 0 Å². The van der Waals surface area contributed by atoms with Crippen LogP contribution in [0.3, 0.4) is 0 Å². The molecule has 3 aromatic carbocycles. The lowest BCUT2D eigenvalue weighted by atomic mass is 10.1. The third-order valence-corrected chi connectivity index (χ3v) is 3.64. The Labute approximate surface area is 140 Å². The van der Waals surface area contributed by atoms with Gasteiger partial charge < -0.3 is 10.6 Å². The van der Waals surface area contributed by atoms with E-state index < -0.39 is 0 Å². The number of nitriles is 1. The van der Waals surface area contributed by atoms with Crippen LogP contribution in [-0.2, 0) is 0 Å². The minimum atomic E-state index is 0.593. The molecule has 0 saturated carbocycles. The molecule has 0 saturated heterocycles. The molecule has 4 nitrogen and oxygen atoms in total. The van der Waals surface area contributed by atoms with Crippen molar-refractivity contribution >= 4 is 28.4 Å². The molecule has 0 aliphatic rings. The van der Waals surface area contributed by atoms with Gasteiger partial charge in [-0.15, -0.1) is 0 Å². The predicted octanol–water partition coefficient (Wildman–Crippen LogP) is 5.16. The number of nitrogens with zero attached hydrogens (tertiary/aromatic N) is 3. The standard InChI is InChI=1S/C20H14N4/c1-23-17-6-12-20(13-7-17)24(19-10-4-16(22)5-11-19)18-8-2-15(14-21)3-9-18/h2-13H,22H2. The van der Waals surface area contributed by atoms with Crippen molar-refractivity contribution in [3.8, 4) is 6.07 Å². The molecule has 3 rings (SSSR count). The molecular weight excluding hydrogens is 296 g/mol. The van der Waals surface area contributed by atoms with Crippen LogP contribution in [0.25, 0.3) is 4.85 Å². The first-order valence-corrected chi connectivity index (χ1v) is 7.34. The average molecular weight is 310 g/mol. The molecule has 0 radical (unpaired) electrons. The van der Waals surface area contributed by atoms with Crippen LogP contribution in [0.15, 0.2) is 72.8 Å². The van der Waals surface area contributed by atoms with E-state index in [-0.39, 0.29) is 0 Å². The highest BCUT2D eigenvalue weighted by atomic mass is 15.1. The summed E-state index contributed by atoms with van der Waals surface area (Å²) in [5.74, 6) is 0. The zero-order valence-corrected chi connectivity index (χ0v) is 12.8. The highest BCUT2D eigenvalue weighted by molar-refractivity contribution is 5.78. The molecule has 0 heterocycles. The van der Waals surface area contributed by atoms with Gasteiger partial charge in [0.25, 0.3) is 0 Å². The summed E-state index contributed by atoms with van der Waals surface area (Å²) in [6, 6.07) is 24.5. The monoisotopic (exact) mass is 310 g/mol. The lowest BCUT2D eigenvalue weighted by molar-refractivity contribution is 1.28. The fourth-order valence-corrected chi connectivity index (χ4v) is 2.43. The molecule has 0 unspecified atom stereocenters. The molecule has 114 valence electrons. The van der Waals surface area contributed by atoms with Gasteiger partial charge in [0.15, 0.2) is 5.69 Å². The normalized spacial score (nSPS) is 9.75. The van der Waals surface area contributed by atoms with Gasteiger partial charge in [0, 0.05) is 22.7 Å².